The van der Waals surface area contributed by atoms with Crippen LogP contribution in [0.4, 0.5) is 13.6 Å². The number of hydrogen-bond acceptors (Lipinski definition) is 2. The minimum Gasteiger partial charge on any atom is -0.383 e. The summed E-state index contributed by atoms with van der Waals surface area (Å²) in [6.45, 7) is 2.51. The highest BCUT2D eigenvalue weighted by atomic mass is 19.1. The lowest BCUT2D eigenvalue weighted by Gasteiger charge is -2.27. The highest BCUT2D eigenvalue weighted by Gasteiger charge is 2.49. The molecule has 0 aromatic heterocycles. The molecule has 1 aliphatic heterocycles. The van der Waals surface area contributed by atoms with Gasteiger partial charge in [0, 0.05) is 12.1 Å². The molecular formula is C21H22F2N2O2. The van der Waals surface area contributed by atoms with Crippen molar-refractivity contribution in [2.45, 2.75) is 37.3 Å². The van der Waals surface area contributed by atoms with Gasteiger partial charge in [-0.05, 0) is 55.5 Å². The zero-order chi connectivity index (χ0) is 19.2. The second-order valence-electron chi connectivity index (χ2n) is 7.65. The fraction of sp³-hybridized carbons (Fsp3) is 0.381. The lowest BCUT2D eigenvalue weighted by Crippen LogP contribution is -2.45. The maximum atomic E-state index is 14.2. The van der Waals surface area contributed by atoms with Crippen molar-refractivity contribution in [2.24, 2.45) is 0 Å². The van der Waals surface area contributed by atoms with E-state index in [2.05, 4.69) is 5.32 Å². The third-order valence-electron chi connectivity index (χ3n) is 5.72. The van der Waals surface area contributed by atoms with Crippen molar-refractivity contribution in [3.8, 4) is 0 Å². The van der Waals surface area contributed by atoms with Gasteiger partial charge in [0.1, 0.15) is 17.2 Å². The van der Waals surface area contributed by atoms with Crippen molar-refractivity contribution < 1.29 is 18.7 Å². The molecule has 27 heavy (non-hydrogen) atoms. The van der Waals surface area contributed by atoms with Crippen molar-refractivity contribution in [1.29, 1.82) is 0 Å². The van der Waals surface area contributed by atoms with Gasteiger partial charge >= 0.3 is 6.03 Å². The van der Waals surface area contributed by atoms with Gasteiger partial charge in [0.2, 0.25) is 0 Å². The lowest BCUT2D eigenvalue weighted by molar-refractivity contribution is 0.0485. The predicted molar refractivity (Wildman–Crippen MR) is 97.1 cm³/mol. The van der Waals surface area contributed by atoms with E-state index in [4.69, 9.17) is 0 Å². The molecule has 0 radical (unpaired) electrons. The number of carbonyl (C=O) groups is 1. The highest BCUT2D eigenvalue weighted by molar-refractivity contribution is 5.76. The fourth-order valence-electron chi connectivity index (χ4n) is 4.02. The Morgan fingerprint density at radius 1 is 1.11 bits per heavy atom. The molecule has 1 atom stereocenters. The van der Waals surface area contributed by atoms with E-state index in [9.17, 15) is 18.7 Å². The molecule has 1 saturated heterocycles. The number of halogens is 2. The average Bonchev–Trinajstić information content (AvgIpc) is 3.30. The number of likely N-dealkylation sites (tertiary alicyclic amines) is 1. The van der Waals surface area contributed by atoms with E-state index in [1.54, 1.807) is 4.90 Å². The predicted octanol–water partition coefficient (Wildman–Crippen LogP) is 3.57. The summed E-state index contributed by atoms with van der Waals surface area (Å²) >= 11 is 0. The van der Waals surface area contributed by atoms with Crippen LogP contribution in [-0.2, 0) is 11.1 Å². The molecular weight excluding hydrogens is 350 g/mol. The van der Waals surface area contributed by atoms with Gasteiger partial charge in [-0.2, -0.15) is 0 Å². The third kappa shape index (κ3) is 3.18. The molecule has 1 heterocycles. The number of nitrogens with one attached hydrogen (secondary N) is 1. The van der Waals surface area contributed by atoms with Gasteiger partial charge in [0.05, 0.1) is 12.1 Å². The van der Waals surface area contributed by atoms with Crippen LogP contribution in [0, 0.1) is 18.6 Å². The van der Waals surface area contributed by atoms with E-state index in [-0.39, 0.29) is 18.1 Å². The van der Waals surface area contributed by atoms with E-state index < -0.39 is 22.8 Å². The molecule has 6 heteroatoms. The number of nitrogens with zero attached hydrogens (tertiary/aromatic N) is 1. The molecule has 2 aromatic rings. The number of carbonyl (C=O) groups excluding carboxylic acids is 1. The van der Waals surface area contributed by atoms with Crippen molar-refractivity contribution in [3.63, 3.8) is 0 Å². The Bertz CT molecular complexity index is 898. The molecule has 142 valence electrons. The SMILES string of the molecule is Cc1ccccc1[C@]1(O)CCN(C(=O)NC2(c3cc(F)ccc3F)CC2)C1. The quantitative estimate of drug-likeness (QED) is 0.866. The van der Waals surface area contributed by atoms with Crippen molar-refractivity contribution in [2.75, 3.05) is 13.1 Å². The molecule has 1 saturated carbocycles. The van der Waals surface area contributed by atoms with Crippen molar-refractivity contribution >= 4 is 6.03 Å². The number of urea groups is 1. The van der Waals surface area contributed by atoms with Crippen LogP contribution in [0.2, 0.25) is 0 Å². The number of hydrogen-bond donors (Lipinski definition) is 2. The van der Waals surface area contributed by atoms with Gasteiger partial charge in [0.15, 0.2) is 0 Å². The smallest absolute Gasteiger partial charge is 0.318 e. The molecule has 4 nitrogen and oxygen atoms in total. The van der Waals surface area contributed by atoms with Crippen LogP contribution in [-0.4, -0.2) is 29.1 Å². The van der Waals surface area contributed by atoms with Crippen LogP contribution in [0.3, 0.4) is 0 Å². The van der Waals surface area contributed by atoms with E-state index in [0.29, 0.717) is 25.8 Å². The Balaban J connectivity index is 1.50. The Kier molecular flexibility index (Phi) is 4.18. The Morgan fingerprint density at radius 2 is 1.85 bits per heavy atom. The number of rotatable bonds is 3. The minimum absolute atomic E-state index is 0.172. The Labute approximate surface area is 156 Å². The number of β-amino-alcohol motifs (C(OH)–C–C–N with tert-alkyl or cyclic N) is 1. The molecule has 2 fully saturated rings. The maximum absolute atomic E-state index is 14.2. The van der Waals surface area contributed by atoms with Crippen LogP contribution < -0.4 is 5.32 Å². The van der Waals surface area contributed by atoms with E-state index in [0.717, 1.165) is 29.3 Å². The molecule has 2 N–H and O–H groups in total. The highest BCUT2D eigenvalue weighted by Crippen LogP contribution is 2.47. The molecule has 1 aliphatic carbocycles. The molecule has 2 aliphatic rings. The van der Waals surface area contributed by atoms with E-state index in [1.165, 1.54) is 0 Å². The van der Waals surface area contributed by atoms with Gasteiger partial charge in [0.25, 0.3) is 0 Å². The first kappa shape index (κ1) is 17.9. The van der Waals surface area contributed by atoms with E-state index in [1.807, 2.05) is 31.2 Å². The Morgan fingerprint density at radius 3 is 2.56 bits per heavy atom. The topological polar surface area (TPSA) is 52.6 Å². The second kappa shape index (κ2) is 6.30. The van der Waals surface area contributed by atoms with Gasteiger partial charge in [-0.15, -0.1) is 0 Å². The van der Waals surface area contributed by atoms with Crippen LogP contribution in [0.5, 0.6) is 0 Å². The summed E-state index contributed by atoms with van der Waals surface area (Å²) < 4.78 is 27.7. The molecule has 0 unspecified atom stereocenters. The number of amides is 2. The van der Waals surface area contributed by atoms with Crippen molar-refractivity contribution in [3.05, 3.63) is 70.8 Å². The summed E-state index contributed by atoms with van der Waals surface area (Å²) in [5, 5.41) is 13.9. The number of aryl methyl sites for hydroxylation is 1. The zero-order valence-electron chi connectivity index (χ0n) is 15.1. The fourth-order valence-corrected chi connectivity index (χ4v) is 4.02. The maximum Gasteiger partial charge on any atom is 0.318 e. The first-order valence-electron chi connectivity index (χ1n) is 9.14. The van der Waals surface area contributed by atoms with Gasteiger partial charge in [-0.1, -0.05) is 24.3 Å². The minimum atomic E-state index is -1.09. The Hall–Kier alpha value is -2.47. The first-order chi connectivity index (χ1) is 12.8. The van der Waals surface area contributed by atoms with E-state index >= 15 is 0 Å². The van der Waals surface area contributed by atoms with Crippen LogP contribution in [0.25, 0.3) is 0 Å². The third-order valence-corrected chi connectivity index (χ3v) is 5.72. The molecule has 0 spiro atoms. The summed E-state index contributed by atoms with van der Waals surface area (Å²) in [7, 11) is 0. The number of aliphatic hydroxyl groups is 1. The summed E-state index contributed by atoms with van der Waals surface area (Å²) in [6, 6.07) is 10.5. The van der Waals surface area contributed by atoms with Crippen molar-refractivity contribution in [1.82, 2.24) is 10.2 Å². The van der Waals surface area contributed by atoms with Gasteiger partial charge in [-0.3, -0.25) is 0 Å². The van der Waals surface area contributed by atoms with Crippen LogP contribution in [0.15, 0.2) is 42.5 Å². The largest absolute Gasteiger partial charge is 0.383 e. The van der Waals surface area contributed by atoms with Crippen LogP contribution in [0.1, 0.15) is 36.0 Å². The number of benzene rings is 2. The summed E-state index contributed by atoms with van der Waals surface area (Å²) in [4.78, 5) is 14.3. The zero-order valence-corrected chi connectivity index (χ0v) is 15.1. The molecule has 2 aromatic carbocycles. The lowest BCUT2D eigenvalue weighted by atomic mass is 9.89. The first-order valence-corrected chi connectivity index (χ1v) is 9.14. The molecule has 0 bridgehead atoms. The standard InChI is InChI=1S/C21H22F2N2O2/c1-14-4-2-3-5-16(14)21(27)10-11-25(13-21)19(26)24-20(8-9-20)17-12-15(22)6-7-18(17)23/h2-7,12,27H,8-11,13H2,1H3,(H,24,26)/t21-/m0/s1. The molecule has 2 amide bonds. The summed E-state index contributed by atoms with van der Waals surface area (Å²) in [6.07, 6.45) is 1.57. The average molecular weight is 372 g/mol. The summed E-state index contributed by atoms with van der Waals surface area (Å²) in [5.41, 5.74) is 0.0282. The second-order valence-corrected chi connectivity index (χ2v) is 7.65. The monoisotopic (exact) mass is 372 g/mol. The summed E-state index contributed by atoms with van der Waals surface area (Å²) in [5.74, 6) is -1.05. The van der Waals surface area contributed by atoms with Gasteiger partial charge in [-0.25, -0.2) is 13.6 Å². The molecule has 4 rings (SSSR count). The van der Waals surface area contributed by atoms with Crippen LogP contribution >= 0.6 is 0 Å². The van der Waals surface area contributed by atoms with Gasteiger partial charge < -0.3 is 15.3 Å². The normalized spacial score (nSPS) is 23.3.